The van der Waals surface area contributed by atoms with Crippen molar-refractivity contribution in [1.82, 2.24) is 0 Å². The lowest BCUT2D eigenvalue weighted by Gasteiger charge is -2.35. The first-order valence-electron chi connectivity index (χ1n) is 6.20. The summed E-state index contributed by atoms with van der Waals surface area (Å²) in [7, 11) is 0. The van der Waals surface area contributed by atoms with Crippen LogP contribution in [0.15, 0.2) is 18.2 Å². The lowest BCUT2D eigenvalue weighted by molar-refractivity contribution is -0.145. The van der Waals surface area contributed by atoms with Gasteiger partial charge in [0.2, 0.25) is 0 Å². The molecule has 0 spiro atoms. The zero-order valence-corrected chi connectivity index (χ0v) is 10.8. The maximum atomic E-state index is 11.6. The van der Waals surface area contributed by atoms with Gasteiger partial charge in [-0.15, -0.1) is 0 Å². The van der Waals surface area contributed by atoms with Crippen LogP contribution in [0.3, 0.4) is 0 Å². The van der Waals surface area contributed by atoms with Crippen molar-refractivity contribution >= 4 is 11.7 Å². The van der Waals surface area contributed by atoms with Gasteiger partial charge < -0.3 is 15.2 Å². The molecule has 0 saturated carbocycles. The fourth-order valence-electron chi connectivity index (χ4n) is 2.24. The van der Waals surface area contributed by atoms with Gasteiger partial charge in [0, 0.05) is 31.7 Å². The highest BCUT2D eigenvalue weighted by Gasteiger charge is 2.40. The number of carboxylic acids is 1. The van der Waals surface area contributed by atoms with E-state index in [-0.39, 0.29) is 0 Å². The summed E-state index contributed by atoms with van der Waals surface area (Å²) in [6, 6.07) is 6.03. The second-order valence-electron chi connectivity index (χ2n) is 4.94. The Morgan fingerprint density at radius 2 is 2.00 bits per heavy atom. The quantitative estimate of drug-likeness (QED) is 0.863. The molecule has 1 aromatic rings. The van der Waals surface area contributed by atoms with E-state index < -0.39 is 11.5 Å². The van der Waals surface area contributed by atoms with Crippen LogP contribution in [0.5, 0.6) is 0 Å². The van der Waals surface area contributed by atoms with E-state index in [0.717, 1.165) is 16.8 Å². The van der Waals surface area contributed by atoms with Crippen molar-refractivity contribution < 1.29 is 14.6 Å². The van der Waals surface area contributed by atoms with Crippen molar-refractivity contribution in [2.24, 2.45) is 0 Å². The van der Waals surface area contributed by atoms with Crippen LogP contribution in [0.25, 0.3) is 0 Å². The first-order chi connectivity index (χ1) is 8.53. The molecular weight excluding hydrogens is 230 g/mol. The van der Waals surface area contributed by atoms with E-state index in [0.29, 0.717) is 26.1 Å². The summed E-state index contributed by atoms with van der Waals surface area (Å²) in [5, 5.41) is 12.7. The summed E-state index contributed by atoms with van der Waals surface area (Å²) in [5.74, 6) is -0.799. The van der Waals surface area contributed by atoms with Crippen LogP contribution in [0, 0.1) is 13.8 Å². The number of hydrogen-bond donors (Lipinski definition) is 2. The van der Waals surface area contributed by atoms with Crippen molar-refractivity contribution in [2.75, 3.05) is 18.5 Å². The minimum Gasteiger partial charge on any atom is -0.480 e. The molecule has 0 aliphatic carbocycles. The molecule has 4 heteroatoms. The summed E-state index contributed by atoms with van der Waals surface area (Å²) >= 11 is 0. The van der Waals surface area contributed by atoms with Crippen LogP contribution in [-0.2, 0) is 9.53 Å². The Morgan fingerprint density at radius 3 is 2.61 bits per heavy atom. The van der Waals surface area contributed by atoms with E-state index in [1.165, 1.54) is 0 Å². The molecule has 4 nitrogen and oxygen atoms in total. The summed E-state index contributed by atoms with van der Waals surface area (Å²) in [6.07, 6.45) is 0.991. The number of aryl methyl sites for hydroxylation is 2. The largest absolute Gasteiger partial charge is 0.480 e. The molecule has 18 heavy (non-hydrogen) atoms. The fourth-order valence-corrected chi connectivity index (χ4v) is 2.24. The molecule has 1 fully saturated rings. The predicted octanol–water partition coefficient (Wildman–Crippen LogP) is 2.35. The molecule has 1 saturated heterocycles. The Labute approximate surface area is 107 Å². The van der Waals surface area contributed by atoms with E-state index in [4.69, 9.17) is 4.74 Å². The number of nitrogens with one attached hydrogen (secondary N) is 1. The molecule has 0 bridgehead atoms. The van der Waals surface area contributed by atoms with Gasteiger partial charge in [0.25, 0.3) is 0 Å². The molecule has 2 N–H and O–H groups in total. The zero-order chi connectivity index (χ0) is 13.2. The zero-order valence-electron chi connectivity index (χ0n) is 10.8. The van der Waals surface area contributed by atoms with Gasteiger partial charge in [-0.05, 0) is 31.0 Å². The monoisotopic (exact) mass is 249 g/mol. The number of hydrogen-bond acceptors (Lipinski definition) is 3. The van der Waals surface area contributed by atoms with E-state index in [1.54, 1.807) is 0 Å². The summed E-state index contributed by atoms with van der Waals surface area (Å²) in [5.41, 5.74) is 2.19. The van der Waals surface area contributed by atoms with Crippen LogP contribution in [0.1, 0.15) is 24.0 Å². The number of carbonyl (C=O) groups is 1. The predicted molar refractivity (Wildman–Crippen MR) is 70.0 cm³/mol. The smallest absolute Gasteiger partial charge is 0.329 e. The van der Waals surface area contributed by atoms with Crippen LogP contribution in [0.4, 0.5) is 5.69 Å². The maximum Gasteiger partial charge on any atom is 0.329 e. The number of aliphatic carboxylic acids is 1. The van der Waals surface area contributed by atoms with Crippen LogP contribution < -0.4 is 5.32 Å². The molecule has 1 heterocycles. The molecule has 1 aromatic carbocycles. The third kappa shape index (κ3) is 2.48. The number of carboxylic acid groups (broad SMARTS) is 1. The summed E-state index contributed by atoms with van der Waals surface area (Å²) < 4.78 is 5.26. The number of rotatable bonds is 3. The number of benzene rings is 1. The van der Waals surface area contributed by atoms with Crippen LogP contribution >= 0.6 is 0 Å². The van der Waals surface area contributed by atoms with Gasteiger partial charge in [0.05, 0.1) is 0 Å². The molecule has 1 aliphatic rings. The molecule has 98 valence electrons. The Hall–Kier alpha value is -1.55. The molecule has 2 rings (SSSR count). The van der Waals surface area contributed by atoms with Gasteiger partial charge in [-0.1, -0.05) is 12.1 Å². The Kier molecular flexibility index (Phi) is 3.57. The van der Waals surface area contributed by atoms with E-state index in [2.05, 4.69) is 5.32 Å². The van der Waals surface area contributed by atoms with Gasteiger partial charge in [0.1, 0.15) is 5.54 Å². The average molecular weight is 249 g/mol. The third-order valence-corrected chi connectivity index (χ3v) is 3.52. The highest BCUT2D eigenvalue weighted by atomic mass is 16.5. The normalized spacial score (nSPS) is 18.3. The number of ether oxygens (including phenoxy) is 1. The Bertz CT molecular complexity index is 450. The van der Waals surface area contributed by atoms with Gasteiger partial charge in [-0.2, -0.15) is 0 Å². The van der Waals surface area contributed by atoms with E-state index >= 15 is 0 Å². The average Bonchev–Trinajstić information content (AvgIpc) is 2.35. The van der Waals surface area contributed by atoms with Gasteiger partial charge in [-0.25, -0.2) is 4.79 Å². The molecule has 0 aromatic heterocycles. The van der Waals surface area contributed by atoms with Crippen molar-refractivity contribution in [3.05, 3.63) is 29.3 Å². The van der Waals surface area contributed by atoms with Crippen molar-refractivity contribution in [3.8, 4) is 0 Å². The van der Waals surface area contributed by atoms with Gasteiger partial charge in [-0.3, -0.25) is 0 Å². The topological polar surface area (TPSA) is 58.6 Å². The van der Waals surface area contributed by atoms with Crippen LogP contribution in [0.2, 0.25) is 0 Å². The molecule has 0 amide bonds. The standard InChI is InChI=1S/C14H19NO3/c1-10-3-4-11(2)12(9-10)15-14(13(16)17)5-7-18-8-6-14/h3-4,9,15H,5-8H2,1-2H3,(H,16,17). The second kappa shape index (κ2) is 4.98. The minimum atomic E-state index is -0.892. The molecule has 0 unspecified atom stereocenters. The first kappa shape index (κ1) is 12.9. The Morgan fingerprint density at radius 1 is 1.33 bits per heavy atom. The summed E-state index contributed by atoms with van der Waals surface area (Å²) in [4.78, 5) is 11.6. The third-order valence-electron chi connectivity index (χ3n) is 3.52. The minimum absolute atomic E-state index is 0.490. The second-order valence-corrected chi connectivity index (χ2v) is 4.94. The van der Waals surface area contributed by atoms with E-state index in [9.17, 15) is 9.90 Å². The van der Waals surface area contributed by atoms with Gasteiger partial charge in [0.15, 0.2) is 0 Å². The van der Waals surface area contributed by atoms with Crippen molar-refractivity contribution in [1.29, 1.82) is 0 Å². The first-order valence-corrected chi connectivity index (χ1v) is 6.20. The number of anilines is 1. The van der Waals surface area contributed by atoms with E-state index in [1.807, 2.05) is 32.0 Å². The molecule has 0 radical (unpaired) electrons. The lowest BCUT2D eigenvalue weighted by atomic mass is 9.89. The molecule has 0 atom stereocenters. The van der Waals surface area contributed by atoms with Crippen LogP contribution in [-0.4, -0.2) is 29.8 Å². The SMILES string of the molecule is Cc1ccc(C)c(NC2(C(=O)O)CCOCC2)c1. The molecular formula is C14H19NO3. The van der Waals surface area contributed by atoms with Crippen molar-refractivity contribution in [3.63, 3.8) is 0 Å². The highest BCUT2D eigenvalue weighted by molar-refractivity contribution is 5.83. The summed E-state index contributed by atoms with van der Waals surface area (Å²) in [6.45, 7) is 4.97. The Balaban J connectivity index is 2.28. The van der Waals surface area contributed by atoms with Gasteiger partial charge >= 0.3 is 5.97 Å². The highest BCUT2D eigenvalue weighted by Crippen LogP contribution is 2.28. The lowest BCUT2D eigenvalue weighted by Crippen LogP contribution is -2.50. The molecule has 1 aliphatic heterocycles. The fraction of sp³-hybridized carbons (Fsp3) is 0.500. The van der Waals surface area contributed by atoms with Crippen molar-refractivity contribution in [2.45, 2.75) is 32.2 Å². The maximum absolute atomic E-state index is 11.6.